The Morgan fingerprint density at radius 2 is 1.57 bits per heavy atom. The van der Waals surface area contributed by atoms with Crippen LogP contribution in [0.3, 0.4) is 0 Å². The van der Waals surface area contributed by atoms with Gasteiger partial charge >= 0.3 is 0 Å². The van der Waals surface area contributed by atoms with Crippen LogP contribution >= 0.6 is 11.6 Å². The van der Waals surface area contributed by atoms with Crippen molar-refractivity contribution in [2.45, 2.75) is 25.4 Å². The number of benzene rings is 3. The van der Waals surface area contributed by atoms with Crippen LogP contribution in [0.5, 0.6) is 0 Å². The molecule has 0 saturated carbocycles. The first-order valence-corrected chi connectivity index (χ1v) is 11.0. The van der Waals surface area contributed by atoms with Gasteiger partial charge in [-0.25, -0.2) is 0 Å². The lowest BCUT2D eigenvalue weighted by atomic mass is 9.98. The minimum absolute atomic E-state index is 0.419. The Labute approximate surface area is 184 Å². The summed E-state index contributed by atoms with van der Waals surface area (Å²) >= 11 is 5.99. The second kappa shape index (κ2) is 10.1. The van der Waals surface area contributed by atoms with E-state index in [0.29, 0.717) is 0 Å². The second-order valence-corrected chi connectivity index (χ2v) is 8.43. The molecule has 3 heteroatoms. The van der Waals surface area contributed by atoms with E-state index in [4.69, 9.17) is 11.6 Å². The van der Waals surface area contributed by atoms with Gasteiger partial charge in [0.15, 0.2) is 0 Å². The van der Waals surface area contributed by atoms with Crippen LogP contribution in [0.4, 0.5) is 0 Å². The minimum Gasteiger partial charge on any atom is -0.388 e. The molecule has 0 aliphatic carbocycles. The average Bonchev–Trinajstić information content (AvgIpc) is 2.80. The van der Waals surface area contributed by atoms with E-state index in [1.807, 2.05) is 18.2 Å². The fraction of sp³-hybridized carbons (Fsp3) is 0.259. The molecular formula is C27H28ClNO. The Kier molecular flexibility index (Phi) is 7.01. The van der Waals surface area contributed by atoms with Gasteiger partial charge in [0.05, 0.1) is 6.10 Å². The molecule has 154 valence electrons. The summed E-state index contributed by atoms with van der Waals surface area (Å²) in [6.07, 6.45) is 4.59. The average molecular weight is 418 g/mol. The molecule has 0 bridgehead atoms. The topological polar surface area (TPSA) is 23.5 Å². The zero-order valence-electron chi connectivity index (χ0n) is 17.2. The predicted molar refractivity (Wildman–Crippen MR) is 126 cm³/mol. The van der Waals surface area contributed by atoms with Crippen molar-refractivity contribution in [3.05, 3.63) is 112 Å². The smallest absolute Gasteiger partial charge is 0.0802 e. The summed E-state index contributed by atoms with van der Waals surface area (Å²) in [5.74, 6) is 0. The largest absolute Gasteiger partial charge is 0.388 e. The Balaban J connectivity index is 1.26. The van der Waals surface area contributed by atoms with Gasteiger partial charge in [0.1, 0.15) is 0 Å². The van der Waals surface area contributed by atoms with E-state index in [1.165, 1.54) is 22.3 Å². The summed E-state index contributed by atoms with van der Waals surface area (Å²) in [5, 5.41) is 11.4. The van der Waals surface area contributed by atoms with Crippen molar-refractivity contribution in [2.24, 2.45) is 0 Å². The standard InChI is InChI=1S/C27H28ClNO/c28-26-12-10-23(11-13-26)24-14-17-29(18-15-24)19-16-27(30)25-8-6-22(7-9-25)20-21-4-2-1-3-5-21/h1-14,27,30H,15-20H2. The molecular weight excluding hydrogens is 390 g/mol. The first-order valence-electron chi connectivity index (χ1n) is 10.7. The first-order chi connectivity index (χ1) is 14.7. The van der Waals surface area contributed by atoms with Crippen LogP contribution in [-0.4, -0.2) is 29.6 Å². The van der Waals surface area contributed by atoms with E-state index in [1.54, 1.807) is 0 Å². The molecule has 1 N–H and O–H groups in total. The Hall–Kier alpha value is -2.39. The summed E-state index contributed by atoms with van der Waals surface area (Å²) in [6.45, 7) is 2.86. The summed E-state index contributed by atoms with van der Waals surface area (Å²) in [5.41, 5.74) is 6.23. The van der Waals surface area contributed by atoms with Crippen LogP contribution in [0.25, 0.3) is 5.57 Å². The number of halogens is 1. The summed E-state index contributed by atoms with van der Waals surface area (Å²) in [4.78, 5) is 2.41. The van der Waals surface area contributed by atoms with E-state index in [-0.39, 0.29) is 0 Å². The molecule has 0 saturated heterocycles. The molecule has 1 aliphatic rings. The van der Waals surface area contributed by atoms with Gasteiger partial charge in [-0.15, -0.1) is 0 Å². The van der Waals surface area contributed by atoms with E-state index < -0.39 is 6.10 Å². The molecule has 1 aliphatic heterocycles. The van der Waals surface area contributed by atoms with Crippen LogP contribution in [0.1, 0.15) is 41.2 Å². The normalized spacial score (nSPS) is 15.6. The third-order valence-corrected chi connectivity index (χ3v) is 6.09. The highest BCUT2D eigenvalue weighted by atomic mass is 35.5. The number of rotatable bonds is 7. The highest BCUT2D eigenvalue weighted by Gasteiger charge is 2.15. The maximum absolute atomic E-state index is 10.6. The molecule has 4 rings (SSSR count). The molecule has 30 heavy (non-hydrogen) atoms. The number of hydrogen-bond donors (Lipinski definition) is 1. The zero-order valence-corrected chi connectivity index (χ0v) is 17.9. The number of aliphatic hydroxyl groups is 1. The third kappa shape index (κ3) is 5.60. The van der Waals surface area contributed by atoms with Gasteiger partial charge in [-0.1, -0.05) is 84.4 Å². The van der Waals surface area contributed by atoms with Gasteiger partial charge in [-0.05, 0) is 59.2 Å². The quantitative estimate of drug-likeness (QED) is 0.498. The van der Waals surface area contributed by atoms with Crippen LogP contribution in [0.15, 0.2) is 84.9 Å². The summed E-state index contributed by atoms with van der Waals surface area (Å²) in [7, 11) is 0. The highest BCUT2D eigenvalue weighted by molar-refractivity contribution is 6.30. The molecule has 0 fully saturated rings. The molecule has 0 aromatic heterocycles. The maximum atomic E-state index is 10.6. The van der Waals surface area contributed by atoms with Crippen molar-refractivity contribution in [1.29, 1.82) is 0 Å². The number of nitrogens with zero attached hydrogens (tertiary/aromatic N) is 1. The molecule has 2 nitrogen and oxygen atoms in total. The lowest BCUT2D eigenvalue weighted by Crippen LogP contribution is -2.30. The Morgan fingerprint density at radius 3 is 2.23 bits per heavy atom. The third-order valence-electron chi connectivity index (χ3n) is 5.84. The van der Waals surface area contributed by atoms with E-state index >= 15 is 0 Å². The van der Waals surface area contributed by atoms with Crippen molar-refractivity contribution < 1.29 is 5.11 Å². The van der Waals surface area contributed by atoms with E-state index in [9.17, 15) is 5.11 Å². The molecule has 1 unspecified atom stereocenters. The van der Waals surface area contributed by atoms with Gasteiger partial charge in [-0.2, -0.15) is 0 Å². The Bertz CT molecular complexity index is 964. The van der Waals surface area contributed by atoms with Crippen LogP contribution in [-0.2, 0) is 6.42 Å². The van der Waals surface area contributed by atoms with Crippen molar-refractivity contribution in [3.63, 3.8) is 0 Å². The van der Waals surface area contributed by atoms with Gasteiger partial charge in [-0.3, -0.25) is 4.90 Å². The molecule has 0 spiro atoms. The number of aliphatic hydroxyl groups excluding tert-OH is 1. The van der Waals surface area contributed by atoms with Gasteiger partial charge in [0, 0.05) is 24.7 Å². The molecule has 1 heterocycles. The fourth-order valence-electron chi connectivity index (χ4n) is 4.00. The SMILES string of the molecule is OC(CCN1CC=C(c2ccc(Cl)cc2)CC1)c1ccc(Cc2ccccc2)cc1. The summed E-state index contributed by atoms with van der Waals surface area (Å²) < 4.78 is 0. The lowest BCUT2D eigenvalue weighted by Gasteiger charge is -2.27. The maximum Gasteiger partial charge on any atom is 0.0802 e. The van der Waals surface area contributed by atoms with Crippen molar-refractivity contribution in [2.75, 3.05) is 19.6 Å². The zero-order chi connectivity index (χ0) is 20.8. The van der Waals surface area contributed by atoms with Crippen LogP contribution in [0, 0.1) is 0 Å². The van der Waals surface area contributed by atoms with Gasteiger partial charge in [0.25, 0.3) is 0 Å². The highest BCUT2D eigenvalue weighted by Crippen LogP contribution is 2.25. The van der Waals surface area contributed by atoms with Crippen LogP contribution < -0.4 is 0 Å². The first kappa shape index (κ1) is 20.9. The van der Waals surface area contributed by atoms with Crippen molar-refractivity contribution >= 4 is 17.2 Å². The monoisotopic (exact) mass is 417 g/mol. The predicted octanol–water partition coefficient (Wildman–Crippen LogP) is 6.14. The summed E-state index contributed by atoms with van der Waals surface area (Å²) in [6, 6.07) is 27.0. The van der Waals surface area contributed by atoms with Crippen molar-refractivity contribution in [3.8, 4) is 0 Å². The molecule has 0 radical (unpaired) electrons. The molecule has 1 atom stereocenters. The fourth-order valence-corrected chi connectivity index (χ4v) is 4.13. The second-order valence-electron chi connectivity index (χ2n) is 8.00. The number of hydrogen-bond acceptors (Lipinski definition) is 2. The van der Waals surface area contributed by atoms with Gasteiger partial charge < -0.3 is 5.11 Å². The lowest BCUT2D eigenvalue weighted by molar-refractivity contribution is 0.145. The van der Waals surface area contributed by atoms with Crippen LogP contribution in [0.2, 0.25) is 5.02 Å². The van der Waals surface area contributed by atoms with E-state index in [2.05, 4.69) is 71.6 Å². The Morgan fingerprint density at radius 1 is 0.867 bits per heavy atom. The molecule has 0 amide bonds. The molecule has 3 aromatic rings. The van der Waals surface area contributed by atoms with Crippen molar-refractivity contribution in [1.82, 2.24) is 4.90 Å². The van der Waals surface area contributed by atoms with Gasteiger partial charge in [0.2, 0.25) is 0 Å². The molecule has 3 aromatic carbocycles. The van der Waals surface area contributed by atoms with E-state index in [0.717, 1.165) is 49.5 Å². The minimum atomic E-state index is -0.419.